The zero-order valence-electron chi connectivity index (χ0n) is 66.2. The van der Waals surface area contributed by atoms with Gasteiger partial charge in [-0.05, 0) is 148 Å². The minimum absolute atomic E-state index is 0. The molecule has 5 aromatic carbocycles. The van der Waals surface area contributed by atoms with E-state index in [1.54, 1.807) is 53.1 Å². The number of pyridine rings is 2. The summed E-state index contributed by atoms with van der Waals surface area (Å²) in [5, 5.41) is 50.0. The summed E-state index contributed by atoms with van der Waals surface area (Å²) in [7, 11) is -1.71. The quantitative estimate of drug-likeness (QED) is 0.0153. The Kier molecular flexibility index (Phi) is 30.3. The van der Waals surface area contributed by atoms with Crippen molar-refractivity contribution in [2.24, 2.45) is 0 Å². The van der Waals surface area contributed by atoms with Gasteiger partial charge in [0.1, 0.15) is 58.7 Å². The Labute approximate surface area is 695 Å². The van der Waals surface area contributed by atoms with Crippen molar-refractivity contribution in [1.82, 2.24) is 18.9 Å². The second kappa shape index (κ2) is 38.5. The number of nitro groups is 2. The molecular weight excluding hydrogens is 1570 g/mol. The standard InChI is InChI=1S/C33H39BFN3O7.C28H30BFN4O8.C16H22BBrO4.CH3NO2.Na.H2O/c1-32(2)33(3,4)45-34(44-32)29-21(20-39)7-5-8-28(29)43-16-6-11-36-12-14-37(15-13-36)27-18-26-23(17-25(27)35)30(40)24(31(41)42)19-38(26)22-9-10-22;30-21-13-19-22(33(17-5-6-17)15-20(27(19)35)28(36)37)14-23(21)32-10-8-31(9-11-32)7-2-12-41-24-4-1-3-18-25(16-34(39)40)42-29(38)26(18)24;1-15(2)16(3,4)22-17(21-15)14-12(11-19)7-5-8-13(14)20-10-6-9-18;1-2(3)4;;/h5,7-8,17-20,22H,6,9-16H2,1-4H3,(H,41,42);1,3-4,13-15,17,25,38H,2,5-12,16H2,(H,36,37);5,7-8,11H,6,9-10H2,1-4H3;1H3;;1H2/q;;;;+1;/p-1. The molecule has 115 heavy (non-hydrogen) atoms. The number of nitrogens with zero attached hydrogens (tertiary/aromatic N) is 8. The molecule has 7 aliphatic rings. The summed E-state index contributed by atoms with van der Waals surface area (Å²) in [6.45, 7) is 23.5. The molecule has 4 N–H and O–H groups in total. The zero-order chi connectivity index (χ0) is 81.6. The van der Waals surface area contributed by atoms with Gasteiger partial charge in [-0.15, -0.1) is 0 Å². The van der Waals surface area contributed by atoms with E-state index in [0.717, 1.165) is 89.7 Å². The van der Waals surface area contributed by atoms with Crippen LogP contribution in [0.15, 0.2) is 101 Å². The third kappa shape index (κ3) is 21.0. The Bertz CT molecular complexity index is 4810. The number of hydrogen-bond donors (Lipinski definition) is 3. The first-order valence-corrected chi connectivity index (χ1v) is 38.9. The molecule has 30 nitrogen and oxygen atoms in total. The minimum Gasteiger partial charge on any atom is -0.870 e. The van der Waals surface area contributed by atoms with Crippen molar-refractivity contribution in [2.45, 2.75) is 141 Å². The van der Waals surface area contributed by atoms with Crippen LogP contribution in [0, 0.1) is 31.9 Å². The van der Waals surface area contributed by atoms with Crippen LogP contribution in [0.3, 0.4) is 0 Å². The van der Waals surface area contributed by atoms with E-state index in [1.807, 2.05) is 88.0 Å². The van der Waals surface area contributed by atoms with E-state index in [2.05, 4.69) is 25.7 Å². The van der Waals surface area contributed by atoms with Crippen molar-refractivity contribution in [3.05, 3.63) is 171 Å². The Morgan fingerprint density at radius 3 is 1.29 bits per heavy atom. The van der Waals surface area contributed by atoms with Gasteiger partial charge < -0.3 is 77.1 Å². The van der Waals surface area contributed by atoms with E-state index in [1.165, 1.54) is 24.5 Å². The van der Waals surface area contributed by atoms with Gasteiger partial charge in [0.25, 0.3) is 0 Å². The number of anilines is 2. The number of carboxylic acids is 2. The number of aromatic carboxylic acids is 2. The number of carbonyl (C=O) groups is 4. The van der Waals surface area contributed by atoms with E-state index < -0.39 is 101 Å². The van der Waals surface area contributed by atoms with Crippen LogP contribution in [-0.4, -0.2) is 222 Å². The molecule has 2 saturated carbocycles. The molecule has 14 rings (SSSR count). The first kappa shape index (κ1) is 90.7. The van der Waals surface area contributed by atoms with Gasteiger partial charge in [-0.2, -0.15) is 0 Å². The number of alkyl halides is 1. The predicted molar refractivity (Wildman–Crippen MR) is 428 cm³/mol. The van der Waals surface area contributed by atoms with Gasteiger partial charge >= 0.3 is 62.9 Å². The fourth-order valence-electron chi connectivity index (χ4n) is 14.2. The number of aromatic nitrogens is 2. The average molecular weight is 1670 g/mol. The summed E-state index contributed by atoms with van der Waals surface area (Å²) in [6.07, 6.45) is 9.47. The molecule has 2 aliphatic carbocycles. The molecule has 5 aliphatic heterocycles. The second-order valence-electron chi connectivity index (χ2n) is 30.8. The maximum Gasteiger partial charge on any atom is 1.00 e. The van der Waals surface area contributed by atoms with Gasteiger partial charge in [0.2, 0.25) is 17.4 Å². The molecule has 0 radical (unpaired) electrons. The number of benzene rings is 5. The summed E-state index contributed by atoms with van der Waals surface area (Å²) in [5.74, 6) is -2.04. The third-order valence-corrected chi connectivity index (χ3v) is 22.6. The summed E-state index contributed by atoms with van der Waals surface area (Å²) in [4.78, 5) is 99.3. The van der Waals surface area contributed by atoms with Crippen molar-refractivity contribution >= 4 is 111 Å². The largest absolute Gasteiger partial charge is 1.00 e. The molecule has 4 saturated heterocycles. The Morgan fingerprint density at radius 1 is 0.591 bits per heavy atom. The number of ether oxygens (including phenoxy) is 3. The number of halogens is 3. The van der Waals surface area contributed by atoms with Crippen LogP contribution in [0.1, 0.15) is 166 Å². The molecule has 610 valence electrons. The van der Waals surface area contributed by atoms with E-state index >= 15 is 8.78 Å². The SMILES string of the molecule is CC1(C)OB(c2c(C=O)cccc2OCCCBr)OC1(C)C.CC1(C)OB(c2c(C=O)cccc2OCCCN2CCN(c3cc4c(cc3F)c(=O)c(C(=O)O)cn4C3CC3)CC2)OC1(C)C.C[N+](=O)[O-].O=C(O)c1cn(C2CC2)c2cc(N3CCN(CCCOc4cccc5c4B(O)OC5C[N+](=O)[O-])CC3)c(F)cc2c1=O.[Na+].[OH-]. The molecule has 1 unspecified atom stereocenters. The Balaban J connectivity index is 0.000000201. The van der Waals surface area contributed by atoms with Crippen LogP contribution in [0.5, 0.6) is 17.2 Å². The molecule has 7 aromatic rings. The van der Waals surface area contributed by atoms with Crippen molar-refractivity contribution in [3.8, 4) is 17.2 Å². The van der Waals surface area contributed by atoms with Gasteiger partial charge in [0.15, 0.2) is 7.05 Å². The van der Waals surface area contributed by atoms with Gasteiger partial charge in [-0.25, -0.2) is 18.4 Å². The summed E-state index contributed by atoms with van der Waals surface area (Å²) in [6, 6.07) is 21.9. The van der Waals surface area contributed by atoms with Gasteiger partial charge in [0.05, 0.1) is 64.6 Å². The summed E-state index contributed by atoms with van der Waals surface area (Å²) >= 11 is 3.38. The van der Waals surface area contributed by atoms with Crippen LogP contribution in [0.2, 0.25) is 0 Å². The fraction of sp³-hybridized carbons (Fsp3) is 0.487. The van der Waals surface area contributed by atoms with E-state index in [0.29, 0.717) is 138 Å². The molecule has 0 amide bonds. The van der Waals surface area contributed by atoms with E-state index in [-0.39, 0.29) is 69.0 Å². The van der Waals surface area contributed by atoms with Crippen LogP contribution in [0.25, 0.3) is 21.8 Å². The van der Waals surface area contributed by atoms with Crippen molar-refractivity contribution in [2.75, 3.05) is 114 Å². The second-order valence-corrected chi connectivity index (χ2v) is 31.6. The molecule has 6 fully saturated rings. The maximum absolute atomic E-state index is 15.3. The third-order valence-electron chi connectivity index (χ3n) is 22.0. The molecule has 1 atom stereocenters. The molecule has 0 bridgehead atoms. The van der Waals surface area contributed by atoms with Crippen molar-refractivity contribution < 1.29 is 126 Å². The molecule has 7 heterocycles. The Morgan fingerprint density at radius 2 is 0.948 bits per heavy atom. The number of piperazine rings is 2. The van der Waals surface area contributed by atoms with Crippen molar-refractivity contribution in [3.63, 3.8) is 0 Å². The molecular formula is C78H95B3BrF2N8NaO22. The summed E-state index contributed by atoms with van der Waals surface area (Å²) < 4.78 is 82.1. The number of fused-ring (bicyclic) bond motifs is 3. The summed E-state index contributed by atoms with van der Waals surface area (Å²) in [5.41, 5.74) is 1.19. The van der Waals surface area contributed by atoms with Crippen LogP contribution >= 0.6 is 15.9 Å². The van der Waals surface area contributed by atoms with Crippen molar-refractivity contribution in [1.29, 1.82) is 0 Å². The number of rotatable bonds is 26. The van der Waals surface area contributed by atoms with Gasteiger partial charge in [-0.1, -0.05) is 52.3 Å². The zero-order valence-corrected chi connectivity index (χ0v) is 69.8. The molecule has 2 aromatic heterocycles. The van der Waals surface area contributed by atoms with Gasteiger partial charge in [0, 0.05) is 143 Å². The van der Waals surface area contributed by atoms with Crippen LogP contribution in [0.4, 0.5) is 20.2 Å². The average Bonchev–Trinajstić information content (AvgIpc) is 1.65. The predicted octanol–water partition coefficient (Wildman–Crippen LogP) is 5.36. The number of aldehydes is 2. The normalized spacial score (nSPS) is 18.5. The number of carboxylic acid groups (broad SMARTS) is 2. The molecule has 37 heteroatoms. The topological polar surface area (TPSA) is 376 Å². The van der Waals surface area contributed by atoms with E-state index in [4.69, 9.17) is 47.6 Å². The van der Waals surface area contributed by atoms with Crippen LogP contribution < -0.4 is 80.8 Å². The minimum atomic E-state index is -1.32. The smallest absolute Gasteiger partial charge is 0.870 e. The monoisotopic (exact) mass is 1670 g/mol. The Hall–Kier alpha value is -8.23. The van der Waals surface area contributed by atoms with E-state index in [9.17, 15) is 54.1 Å². The first-order valence-electron chi connectivity index (χ1n) is 37.8. The first-order chi connectivity index (χ1) is 53.7. The number of hydrogen-bond acceptors (Lipinski definition) is 24. The maximum atomic E-state index is 15.3. The van der Waals surface area contributed by atoms with Gasteiger partial charge in [-0.3, -0.25) is 49.2 Å². The fourth-order valence-corrected chi connectivity index (χ4v) is 14.5. The molecule has 0 spiro atoms. The van der Waals surface area contributed by atoms with Crippen LogP contribution in [-0.2, 0) is 23.3 Å². The number of carbonyl (C=O) groups excluding carboxylic acids is 2.